The van der Waals surface area contributed by atoms with Crippen molar-refractivity contribution in [2.75, 3.05) is 25.0 Å². The Labute approximate surface area is 160 Å². The number of piperidine rings is 1. The third-order valence-electron chi connectivity index (χ3n) is 5.55. The number of amides is 1. The highest BCUT2D eigenvalue weighted by Gasteiger charge is 2.30. The lowest BCUT2D eigenvalue weighted by atomic mass is 9.88. The van der Waals surface area contributed by atoms with Crippen LogP contribution in [0.4, 0.5) is 5.00 Å². The van der Waals surface area contributed by atoms with Gasteiger partial charge in [0.25, 0.3) is 0 Å². The molecule has 0 aromatic carbocycles. The number of carbonyl (C=O) groups is 2. The molecule has 1 amide bonds. The molecule has 2 atom stereocenters. The van der Waals surface area contributed by atoms with Crippen LogP contribution in [0.25, 0.3) is 0 Å². The van der Waals surface area contributed by atoms with Crippen molar-refractivity contribution in [2.24, 2.45) is 5.92 Å². The fraction of sp³-hybridized carbons (Fsp3) is 0.700. The van der Waals surface area contributed by atoms with E-state index >= 15 is 0 Å². The summed E-state index contributed by atoms with van der Waals surface area (Å²) in [5.41, 5.74) is 1.69. The summed E-state index contributed by atoms with van der Waals surface area (Å²) in [7, 11) is 0. The van der Waals surface area contributed by atoms with Gasteiger partial charge in [-0.05, 0) is 70.5 Å². The highest BCUT2D eigenvalue weighted by molar-refractivity contribution is 7.17. The summed E-state index contributed by atoms with van der Waals surface area (Å²) in [6.45, 7) is 8.30. The number of nitrogens with zero attached hydrogens (tertiary/aromatic N) is 1. The molecule has 6 heteroatoms. The van der Waals surface area contributed by atoms with Crippen molar-refractivity contribution in [3.05, 3.63) is 16.0 Å². The third-order valence-corrected chi connectivity index (χ3v) is 6.72. The molecule has 0 spiro atoms. The summed E-state index contributed by atoms with van der Waals surface area (Å²) in [6, 6.07) is -0.177. The van der Waals surface area contributed by atoms with Crippen LogP contribution in [-0.4, -0.2) is 42.5 Å². The Kier molecular flexibility index (Phi) is 6.35. The second-order valence-corrected chi connectivity index (χ2v) is 8.64. The van der Waals surface area contributed by atoms with E-state index in [1.807, 2.05) is 13.8 Å². The standard InChI is InChI=1S/C20H30N2O3S/c1-4-25-20(24)17-15-9-8-13(2)12-16(15)26-19(17)21-18(23)14(3)22-10-6-5-7-11-22/h13-14H,4-12H2,1-3H3,(H,21,23). The van der Waals surface area contributed by atoms with E-state index in [0.29, 0.717) is 23.1 Å². The summed E-state index contributed by atoms with van der Waals surface area (Å²) < 4.78 is 5.28. The number of hydrogen-bond donors (Lipinski definition) is 1. The van der Waals surface area contributed by atoms with Crippen LogP contribution in [0.1, 0.15) is 67.3 Å². The van der Waals surface area contributed by atoms with Gasteiger partial charge in [-0.25, -0.2) is 4.79 Å². The van der Waals surface area contributed by atoms with Crippen LogP contribution < -0.4 is 5.32 Å². The zero-order valence-electron chi connectivity index (χ0n) is 16.1. The molecule has 144 valence electrons. The van der Waals surface area contributed by atoms with Gasteiger partial charge in [0.05, 0.1) is 18.2 Å². The number of ether oxygens (including phenoxy) is 1. The average Bonchev–Trinajstić information content (AvgIpc) is 2.98. The van der Waals surface area contributed by atoms with Gasteiger partial charge in [-0.2, -0.15) is 0 Å². The number of anilines is 1. The lowest BCUT2D eigenvalue weighted by Gasteiger charge is -2.31. The molecule has 1 aromatic heterocycles. The number of fused-ring (bicyclic) bond motifs is 1. The van der Waals surface area contributed by atoms with Crippen molar-refractivity contribution in [3.63, 3.8) is 0 Å². The van der Waals surface area contributed by atoms with Gasteiger partial charge in [0.15, 0.2) is 0 Å². The summed E-state index contributed by atoms with van der Waals surface area (Å²) in [6.07, 6.45) is 6.48. The van der Waals surface area contributed by atoms with Crippen molar-refractivity contribution in [1.82, 2.24) is 4.90 Å². The van der Waals surface area contributed by atoms with E-state index in [0.717, 1.165) is 50.8 Å². The fourth-order valence-electron chi connectivity index (χ4n) is 3.95. The molecule has 0 saturated carbocycles. The van der Waals surface area contributed by atoms with Gasteiger partial charge in [0.1, 0.15) is 5.00 Å². The van der Waals surface area contributed by atoms with E-state index in [-0.39, 0.29) is 17.9 Å². The third kappa shape index (κ3) is 4.12. The maximum absolute atomic E-state index is 12.8. The zero-order valence-corrected chi connectivity index (χ0v) is 16.9. The fourth-order valence-corrected chi connectivity index (χ4v) is 5.35. The van der Waals surface area contributed by atoms with Crippen molar-refractivity contribution >= 4 is 28.2 Å². The molecule has 2 heterocycles. The molecule has 0 bridgehead atoms. The molecular weight excluding hydrogens is 348 g/mol. The Morgan fingerprint density at radius 3 is 2.73 bits per heavy atom. The minimum Gasteiger partial charge on any atom is -0.462 e. The molecule has 2 unspecified atom stereocenters. The summed E-state index contributed by atoms with van der Waals surface area (Å²) >= 11 is 1.56. The zero-order chi connectivity index (χ0) is 18.7. The number of esters is 1. The van der Waals surface area contributed by atoms with Gasteiger partial charge < -0.3 is 10.1 Å². The number of likely N-dealkylation sites (tertiary alicyclic amines) is 1. The quantitative estimate of drug-likeness (QED) is 0.791. The Balaban J connectivity index is 1.81. The molecule has 0 radical (unpaired) electrons. The molecule has 1 aliphatic heterocycles. The molecule has 1 saturated heterocycles. The van der Waals surface area contributed by atoms with E-state index in [1.165, 1.54) is 11.3 Å². The number of rotatable bonds is 5. The van der Waals surface area contributed by atoms with Crippen LogP contribution >= 0.6 is 11.3 Å². The average molecular weight is 379 g/mol. The van der Waals surface area contributed by atoms with E-state index < -0.39 is 0 Å². The Morgan fingerprint density at radius 1 is 1.31 bits per heavy atom. The van der Waals surface area contributed by atoms with Gasteiger partial charge in [-0.1, -0.05) is 13.3 Å². The number of thiophene rings is 1. The Morgan fingerprint density at radius 2 is 2.04 bits per heavy atom. The lowest BCUT2D eigenvalue weighted by molar-refractivity contribution is -0.121. The molecular formula is C20H30N2O3S. The summed E-state index contributed by atoms with van der Waals surface area (Å²) in [5, 5.41) is 3.73. The SMILES string of the molecule is CCOC(=O)c1c(NC(=O)C(C)N2CCCCC2)sc2c1CCC(C)C2. The Bertz CT molecular complexity index is 664. The van der Waals surface area contributed by atoms with Gasteiger partial charge in [-0.3, -0.25) is 9.69 Å². The second kappa shape index (κ2) is 8.53. The summed E-state index contributed by atoms with van der Waals surface area (Å²) in [4.78, 5) is 28.8. The summed E-state index contributed by atoms with van der Waals surface area (Å²) in [5.74, 6) is 0.289. The molecule has 1 aliphatic carbocycles. The van der Waals surface area contributed by atoms with Gasteiger partial charge >= 0.3 is 5.97 Å². The normalized spacial score (nSPS) is 21.7. The molecule has 26 heavy (non-hydrogen) atoms. The van der Waals surface area contributed by atoms with Crippen LogP contribution in [0.2, 0.25) is 0 Å². The predicted molar refractivity (Wildman–Crippen MR) is 105 cm³/mol. The second-order valence-electron chi connectivity index (χ2n) is 7.54. The maximum Gasteiger partial charge on any atom is 0.341 e. The van der Waals surface area contributed by atoms with Crippen molar-refractivity contribution in [1.29, 1.82) is 0 Å². The van der Waals surface area contributed by atoms with Crippen molar-refractivity contribution in [3.8, 4) is 0 Å². The van der Waals surface area contributed by atoms with Crippen molar-refractivity contribution in [2.45, 2.75) is 65.3 Å². The van der Waals surface area contributed by atoms with E-state index in [1.54, 1.807) is 11.3 Å². The Hall–Kier alpha value is -1.40. The molecule has 3 rings (SSSR count). The van der Waals surface area contributed by atoms with Crippen LogP contribution in [0, 0.1) is 5.92 Å². The van der Waals surface area contributed by atoms with Crippen LogP contribution in [-0.2, 0) is 22.4 Å². The molecule has 2 aliphatic rings. The molecule has 1 aromatic rings. The predicted octanol–water partition coefficient (Wildman–Crippen LogP) is 3.86. The van der Waals surface area contributed by atoms with Crippen molar-refractivity contribution < 1.29 is 14.3 Å². The monoisotopic (exact) mass is 378 g/mol. The van der Waals surface area contributed by atoms with Gasteiger partial charge in [-0.15, -0.1) is 11.3 Å². The van der Waals surface area contributed by atoms with Crippen LogP contribution in [0.15, 0.2) is 0 Å². The number of nitrogens with one attached hydrogen (secondary N) is 1. The van der Waals surface area contributed by atoms with Crippen LogP contribution in [0.5, 0.6) is 0 Å². The first kappa shape index (κ1) is 19.4. The van der Waals surface area contributed by atoms with Gasteiger partial charge in [0.2, 0.25) is 5.91 Å². The van der Waals surface area contributed by atoms with E-state index in [2.05, 4.69) is 17.1 Å². The highest BCUT2D eigenvalue weighted by atomic mass is 32.1. The van der Waals surface area contributed by atoms with Gasteiger partial charge in [0, 0.05) is 4.88 Å². The minimum absolute atomic E-state index is 0.0240. The molecule has 1 fully saturated rings. The first-order valence-corrected chi connectivity index (χ1v) is 10.7. The minimum atomic E-state index is -0.305. The number of carbonyl (C=O) groups excluding carboxylic acids is 2. The largest absolute Gasteiger partial charge is 0.462 e. The molecule has 5 nitrogen and oxygen atoms in total. The van der Waals surface area contributed by atoms with Crippen LogP contribution in [0.3, 0.4) is 0 Å². The van der Waals surface area contributed by atoms with E-state index in [9.17, 15) is 9.59 Å². The van der Waals surface area contributed by atoms with E-state index in [4.69, 9.17) is 4.74 Å². The molecule has 1 N–H and O–H groups in total. The maximum atomic E-state index is 12.8. The first-order valence-electron chi connectivity index (χ1n) is 9.87. The highest BCUT2D eigenvalue weighted by Crippen LogP contribution is 2.40. The smallest absolute Gasteiger partial charge is 0.341 e. The topological polar surface area (TPSA) is 58.6 Å². The first-order chi connectivity index (χ1) is 12.5. The number of hydrogen-bond acceptors (Lipinski definition) is 5. The lowest BCUT2D eigenvalue weighted by Crippen LogP contribution is -2.44.